The molecule has 3 nitrogen and oxygen atoms in total. The largest absolute Gasteiger partial charge is 0.379 e. The van der Waals surface area contributed by atoms with Crippen LogP contribution in [-0.4, -0.2) is 33.4 Å². The second-order valence-electron chi connectivity index (χ2n) is 5.65. The number of piperidine rings is 1. The van der Waals surface area contributed by atoms with Crippen molar-refractivity contribution in [1.82, 2.24) is 5.32 Å². The van der Waals surface area contributed by atoms with Gasteiger partial charge in [0.15, 0.2) is 0 Å². The zero-order chi connectivity index (χ0) is 13.8. The first kappa shape index (κ1) is 14.4. The van der Waals surface area contributed by atoms with Crippen molar-refractivity contribution < 1.29 is 4.74 Å². The zero-order valence-corrected chi connectivity index (χ0v) is 12.6. The molecular formula is C16H26N2O. The van der Waals surface area contributed by atoms with Gasteiger partial charge in [0.2, 0.25) is 0 Å². The molecule has 0 radical (unpaired) electrons. The molecule has 1 aromatic carbocycles. The van der Waals surface area contributed by atoms with Gasteiger partial charge in [-0.15, -0.1) is 0 Å². The van der Waals surface area contributed by atoms with Crippen LogP contribution in [0.2, 0.25) is 0 Å². The van der Waals surface area contributed by atoms with E-state index in [2.05, 4.69) is 42.3 Å². The van der Waals surface area contributed by atoms with Gasteiger partial charge in [-0.25, -0.2) is 0 Å². The predicted molar refractivity (Wildman–Crippen MR) is 80.7 cm³/mol. The summed E-state index contributed by atoms with van der Waals surface area (Å²) < 4.78 is 5.62. The minimum atomic E-state index is 0.345. The summed E-state index contributed by atoms with van der Waals surface area (Å²) in [5, 5.41) is 3.27. The van der Waals surface area contributed by atoms with Gasteiger partial charge in [-0.05, 0) is 37.9 Å². The maximum absolute atomic E-state index is 5.62. The molecule has 3 heteroatoms. The quantitative estimate of drug-likeness (QED) is 0.902. The summed E-state index contributed by atoms with van der Waals surface area (Å²) in [6.45, 7) is 7.48. The number of nitrogens with zero attached hydrogens (tertiary/aromatic N) is 1. The highest BCUT2D eigenvalue weighted by Gasteiger charge is 2.27. The van der Waals surface area contributed by atoms with E-state index in [1.54, 1.807) is 0 Å². The number of nitrogens with one attached hydrogen (secondary N) is 1. The summed E-state index contributed by atoms with van der Waals surface area (Å²) in [5.74, 6) is 0.652. The van der Waals surface area contributed by atoms with E-state index in [9.17, 15) is 0 Å². The molecule has 0 spiro atoms. The summed E-state index contributed by atoms with van der Waals surface area (Å²) in [6.07, 6.45) is 1.54. The van der Waals surface area contributed by atoms with E-state index in [0.29, 0.717) is 12.0 Å². The van der Waals surface area contributed by atoms with Gasteiger partial charge in [0.25, 0.3) is 0 Å². The predicted octanol–water partition coefficient (Wildman–Crippen LogP) is 2.58. The van der Waals surface area contributed by atoms with E-state index in [1.165, 1.54) is 23.2 Å². The van der Waals surface area contributed by atoms with Crippen LogP contribution in [0.5, 0.6) is 0 Å². The molecule has 0 aromatic heterocycles. The van der Waals surface area contributed by atoms with Crippen LogP contribution in [-0.2, 0) is 11.3 Å². The molecule has 2 rings (SSSR count). The van der Waals surface area contributed by atoms with Gasteiger partial charge in [-0.1, -0.05) is 24.6 Å². The van der Waals surface area contributed by atoms with Crippen molar-refractivity contribution >= 4 is 5.69 Å². The highest BCUT2D eigenvalue weighted by Crippen LogP contribution is 2.28. The monoisotopic (exact) mass is 262 g/mol. The Morgan fingerprint density at radius 1 is 1.42 bits per heavy atom. The zero-order valence-electron chi connectivity index (χ0n) is 12.6. The van der Waals surface area contributed by atoms with E-state index >= 15 is 0 Å². The van der Waals surface area contributed by atoms with Crippen molar-refractivity contribution in [1.29, 1.82) is 0 Å². The first-order valence-electron chi connectivity index (χ1n) is 7.17. The Morgan fingerprint density at radius 3 is 2.89 bits per heavy atom. The number of rotatable bonds is 4. The Labute approximate surface area is 116 Å². The second kappa shape index (κ2) is 6.40. The number of hydrogen-bond donors (Lipinski definition) is 1. The highest BCUT2D eigenvalue weighted by atomic mass is 16.5. The maximum Gasteiger partial charge on any atom is 0.0772 e. The summed E-state index contributed by atoms with van der Waals surface area (Å²) in [6, 6.07) is 6.74. The Morgan fingerprint density at radius 2 is 2.21 bits per heavy atom. The van der Waals surface area contributed by atoms with Gasteiger partial charge in [0.05, 0.1) is 6.10 Å². The Balaban J connectivity index is 2.21. The molecule has 1 aliphatic heterocycles. The molecule has 1 fully saturated rings. The molecule has 106 valence electrons. The fraction of sp³-hybridized carbons (Fsp3) is 0.625. The minimum Gasteiger partial charge on any atom is -0.379 e. The molecule has 1 aromatic rings. The molecule has 1 N–H and O–H groups in total. The maximum atomic E-state index is 5.62. The lowest BCUT2D eigenvalue weighted by Gasteiger charge is -2.38. The number of methoxy groups -OCH3 is 1. The summed E-state index contributed by atoms with van der Waals surface area (Å²) >= 11 is 0. The number of anilines is 1. The first-order chi connectivity index (χ1) is 9.15. The molecule has 1 saturated heterocycles. The van der Waals surface area contributed by atoms with Gasteiger partial charge in [0.1, 0.15) is 0 Å². The number of benzene rings is 1. The van der Waals surface area contributed by atoms with Crippen molar-refractivity contribution in [2.75, 3.05) is 32.1 Å². The van der Waals surface area contributed by atoms with Crippen LogP contribution in [0, 0.1) is 12.8 Å². The third-order valence-electron chi connectivity index (χ3n) is 4.14. The lowest BCUT2D eigenvalue weighted by Crippen LogP contribution is -2.44. The van der Waals surface area contributed by atoms with Crippen molar-refractivity contribution in [2.24, 2.45) is 5.92 Å². The van der Waals surface area contributed by atoms with E-state index in [1.807, 2.05) is 14.2 Å². The molecule has 1 aliphatic rings. The first-order valence-corrected chi connectivity index (χ1v) is 7.17. The molecule has 2 unspecified atom stereocenters. The number of aryl methyl sites for hydroxylation is 1. The van der Waals surface area contributed by atoms with Gasteiger partial charge in [-0.3, -0.25) is 0 Å². The lowest BCUT2D eigenvalue weighted by atomic mass is 9.94. The molecule has 1 heterocycles. The Hall–Kier alpha value is -1.06. The minimum absolute atomic E-state index is 0.345. The van der Waals surface area contributed by atoms with E-state index in [4.69, 9.17) is 4.74 Å². The fourth-order valence-corrected chi connectivity index (χ4v) is 2.91. The van der Waals surface area contributed by atoms with Crippen molar-refractivity contribution in [3.05, 3.63) is 29.3 Å². The highest BCUT2D eigenvalue weighted by molar-refractivity contribution is 5.55. The van der Waals surface area contributed by atoms with Crippen molar-refractivity contribution in [2.45, 2.75) is 32.9 Å². The van der Waals surface area contributed by atoms with Crippen LogP contribution in [0.4, 0.5) is 5.69 Å². The second-order valence-corrected chi connectivity index (χ2v) is 5.65. The Bertz CT molecular complexity index is 419. The average molecular weight is 262 g/mol. The third-order valence-corrected chi connectivity index (χ3v) is 4.14. The van der Waals surface area contributed by atoms with Gasteiger partial charge >= 0.3 is 0 Å². The third kappa shape index (κ3) is 3.28. The molecule has 0 amide bonds. The Kier molecular flexibility index (Phi) is 4.83. The topological polar surface area (TPSA) is 24.5 Å². The van der Waals surface area contributed by atoms with Crippen LogP contribution in [0.15, 0.2) is 18.2 Å². The molecular weight excluding hydrogens is 236 g/mol. The van der Waals surface area contributed by atoms with Crippen molar-refractivity contribution in [3.8, 4) is 0 Å². The molecule has 19 heavy (non-hydrogen) atoms. The lowest BCUT2D eigenvalue weighted by molar-refractivity contribution is 0.0498. The van der Waals surface area contributed by atoms with Crippen LogP contribution in [0.1, 0.15) is 24.5 Å². The summed E-state index contributed by atoms with van der Waals surface area (Å²) in [4.78, 5) is 2.47. The van der Waals surface area contributed by atoms with Gasteiger partial charge in [-0.2, -0.15) is 0 Å². The fourth-order valence-electron chi connectivity index (χ4n) is 2.91. The molecule has 0 saturated carbocycles. The SMILES string of the molecule is CNCc1cc(C)ccc1N1CCC(C)C(OC)C1. The molecule has 0 aliphatic carbocycles. The molecule has 0 bridgehead atoms. The van der Waals surface area contributed by atoms with Crippen LogP contribution >= 0.6 is 0 Å². The normalized spacial score (nSPS) is 23.7. The smallest absolute Gasteiger partial charge is 0.0772 e. The van der Waals surface area contributed by atoms with Crippen LogP contribution in [0.3, 0.4) is 0 Å². The number of hydrogen-bond acceptors (Lipinski definition) is 3. The van der Waals surface area contributed by atoms with Crippen molar-refractivity contribution in [3.63, 3.8) is 0 Å². The van der Waals surface area contributed by atoms with Crippen LogP contribution in [0.25, 0.3) is 0 Å². The number of ether oxygens (including phenoxy) is 1. The van der Waals surface area contributed by atoms with E-state index in [-0.39, 0.29) is 0 Å². The standard InChI is InChI=1S/C16H26N2O/c1-12-5-6-15(14(9-12)10-17-3)18-8-7-13(2)16(11-18)19-4/h5-6,9,13,16-17H,7-8,10-11H2,1-4H3. The summed E-state index contributed by atoms with van der Waals surface area (Å²) in [7, 11) is 3.83. The average Bonchev–Trinajstić information content (AvgIpc) is 2.40. The molecule has 2 atom stereocenters. The van der Waals surface area contributed by atoms with E-state index < -0.39 is 0 Å². The van der Waals surface area contributed by atoms with E-state index in [0.717, 1.165) is 19.6 Å². The summed E-state index contributed by atoms with van der Waals surface area (Å²) in [5.41, 5.74) is 4.06. The van der Waals surface area contributed by atoms with Gasteiger partial charge < -0.3 is 15.0 Å². The van der Waals surface area contributed by atoms with Crippen LogP contribution < -0.4 is 10.2 Å². The van der Waals surface area contributed by atoms with Gasteiger partial charge in [0, 0.05) is 32.4 Å².